The van der Waals surface area contributed by atoms with E-state index in [0.717, 1.165) is 5.88 Å². The molecule has 0 unspecified atom stereocenters. The Labute approximate surface area is 62.6 Å². The fourth-order valence-corrected chi connectivity index (χ4v) is 0.496. The SMILES string of the molecule is CN/C(=C\C=C(C)C)OC. The van der Waals surface area contributed by atoms with Crippen molar-refractivity contribution in [3.8, 4) is 0 Å². The van der Waals surface area contributed by atoms with Crippen molar-refractivity contribution in [2.75, 3.05) is 14.2 Å². The number of rotatable bonds is 3. The average Bonchev–Trinajstić information content (AvgIpc) is 1.90. The van der Waals surface area contributed by atoms with Crippen molar-refractivity contribution in [3.63, 3.8) is 0 Å². The largest absolute Gasteiger partial charge is 0.483 e. The van der Waals surface area contributed by atoms with E-state index in [1.54, 1.807) is 7.11 Å². The molecule has 0 bridgehead atoms. The van der Waals surface area contributed by atoms with Gasteiger partial charge in [0.25, 0.3) is 0 Å². The molecule has 58 valence electrons. The predicted octanol–water partition coefficient (Wildman–Crippen LogP) is 1.66. The van der Waals surface area contributed by atoms with Crippen molar-refractivity contribution >= 4 is 0 Å². The summed E-state index contributed by atoms with van der Waals surface area (Å²) >= 11 is 0. The van der Waals surface area contributed by atoms with E-state index in [1.807, 2.05) is 33.0 Å². The van der Waals surface area contributed by atoms with Gasteiger partial charge >= 0.3 is 0 Å². The monoisotopic (exact) mass is 141 g/mol. The van der Waals surface area contributed by atoms with Crippen LogP contribution < -0.4 is 5.32 Å². The second-order valence-corrected chi connectivity index (χ2v) is 2.23. The Balaban J connectivity index is 3.99. The Bertz CT molecular complexity index is 137. The van der Waals surface area contributed by atoms with Crippen LogP contribution in [-0.4, -0.2) is 14.2 Å². The lowest BCUT2D eigenvalue weighted by atomic mass is 10.3. The summed E-state index contributed by atoms with van der Waals surface area (Å²) in [6, 6.07) is 0. The minimum atomic E-state index is 0.779. The molecule has 0 amide bonds. The molecule has 0 radical (unpaired) electrons. The number of methoxy groups -OCH3 is 1. The van der Waals surface area contributed by atoms with E-state index in [-0.39, 0.29) is 0 Å². The molecule has 1 N–H and O–H groups in total. The van der Waals surface area contributed by atoms with E-state index in [4.69, 9.17) is 4.74 Å². The standard InChI is InChI=1S/C8H15NO/c1-7(2)5-6-8(9-3)10-4/h5-6,9H,1-4H3/b8-6+. The first-order valence-corrected chi connectivity index (χ1v) is 3.27. The zero-order chi connectivity index (χ0) is 7.98. The van der Waals surface area contributed by atoms with Crippen LogP contribution in [-0.2, 0) is 4.74 Å². The van der Waals surface area contributed by atoms with Gasteiger partial charge in [0.2, 0.25) is 0 Å². The fraction of sp³-hybridized carbons (Fsp3) is 0.500. The van der Waals surface area contributed by atoms with Gasteiger partial charge < -0.3 is 10.1 Å². The highest BCUT2D eigenvalue weighted by Crippen LogP contribution is 1.93. The van der Waals surface area contributed by atoms with Gasteiger partial charge in [0.05, 0.1) is 7.11 Å². The van der Waals surface area contributed by atoms with E-state index in [1.165, 1.54) is 5.57 Å². The lowest BCUT2D eigenvalue weighted by Crippen LogP contribution is -2.06. The van der Waals surface area contributed by atoms with Gasteiger partial charge in [-0.1, -0.05) is 11.6 Å². The van der Waals surface area contributed by atoms with Crippen LogP contribution in [0.15, 0.2) is 23.6 Å². The first-order valence-electron chi connectivity index (χ1n) is 3.27. The van der Waals surface area contributed by atoms with Crippen LogP contribution in [0.1, 0.15) is 13.8 Å². The van der Waals surface area contributed by atoms with Crippen molar-refractivity contribution in [2.24, 2.45) is 0 Å². The highest BCUT2D eigenvalue weighted by atomic mass is 16.5. The van der Waals surface area contributed by atoms with Crippen LogP contribution in [0.25, 0.3) is 0 Å². The van der Waals surface area contributed by atoms with E-state index in [9.17, 15) is 0 Å². The average molecular weight is 141 g/mol. The molecule has 0 aliphatic carbocycles. The molecule has 0 aromatic carbocycles. The lowest BCUT2D eigenvalue weighted by Gasteiger charge is -2.01. The molecule has 0 aliphatic rings. The summed E-state index contributed by atoms with van der Waals surface area (Å²) in [4.78, 5) is 0. The first kappa shape index (κ1) is 9.08. The van der Waals surface area contributed by atoms with E-state index in [0.29, 0.717) is 0 Å². The number of hydrogen-bond acceptors (Lipinski definition) is 2. The number of hydrogen-bond donors (Lipinski definition) is 1. The summed E-state index contributed by atoms with van der Waals surface area (Å²) in [6.07, 6.45) is 3.89. The molecule has 0 spiro atoms. The minimum absolute atomic E-state index is 0.779. The van der Waals surface area contributed by atoms with Crippen LogP contribution in [0.2, 0.25) is 0 Å². The molecule has 2 heteroatoms. The lowest BCUT2D eigenvalue weighted by molar-refractivity contribution is 0.268. The van der Waals surface area contributed by atoms with Gasteiger partial charge in [-0.2, -0.15) is 0 Å². The second-order valence-electron chi connectivity index (χ2n) is 2.23. The third kappa shape index (κ3) is 4.01. The molecule has 10 heavy (non-hydrogen) atoms. The van der Waals surface area contributed by atoms with Crippen molar-refractivity contribution < 1.29 is 4.74 Å². The fourth-order valence-electron chi connectivity index (χ4n) is 0.496. The highest BCUT2D eigenvalue weighted by Gasteiger charge is 1.84. The molecule has 0 rings (SSSR count). The highest BCUT2D eigenvalue weighted by molar-refractivity contribution is 5.10. The summed E-state index contributed by atoms with van der Waals surface area (Å²) in [5.41, 5.74) is 1.25. The zero-order valence-corrected chi connectivity index (χ0v) is 7.06. The van der Waals surface area contributed by atoms with E-state index >= 15 is 0 Å². The van der Waals surface area contributed by atoms with Gasteiger partial charge in [0.15, 0.2) is 5.88 Å². The van der Waals surface area contributed by atoms with E-state index in [2.05, 4.69) is 5.32 Å². The molecular formula is C8H15NO. The number of ether oxygens (including phenoxy) is 1. The van der Waals surface area contributed by atoms with Gasteiger partial charge in [-0.25, -0.2) is 0 Å². The Kier molecular flexibility index (Phi) is 4.46. The van der Waals surface area contributed by atoms with Gasteiger partial charge in [-0.05, 0) is 19.9 Å². The number of allylic oxidation sites excluding steroid dienone is 3. The molecule has 0 saturated heterocycles. The maximum Gasteiger partial charge on any atom is 0.186 e. The van der Waals surface area contributed by atoms with Gasteiger partial charge in [-0.3, -0.25) is 0 Å². The van der Waals surface area contributed by atoms with Crippen LogP contribution in [0, 0.1) is 0 Å². The molecule has 0 aliphatic heterocycles. The van der Waals surface area contributed by atoms with Crippen LogP contribution >= 0.6 is 0 Å². The van der Waals surface area contributed by atoms with Crippen molar-refractivity contribution in [3.05, 3.63) is 23.6 Å². The summed E-state index contributed by atoms with van der Waals surface area (Å²) < 4.78 is 4.96. The Morgan fingerprint density at radius 2 is 1.90 bits per heavy atom. The molecule has 0 fully saturated rings. The normalized spacial score (nSPS) is 10.6. The summed E-state index contributed by atoms with van der Waals surface area (Å²) in [5.74, 6) is 0.779. The zero-order valence-electron chi connectivity index (χ0n) is 7.06. The predicted molar refractivity (Wildman–Crippen MR) is 43.6 cm³/mol. The van der Waals surface area contributed by atoms with Crippen LogP contribution in [0.3, 0.4) is 0 Å². The van der Waals surface area contributed by atoms with Crippen molar-refractivity contribution in [1.29, 1.82) is 0 Å². The van der Waals surface area contributed by atoms with Crippen LogP contribution in [0.5, 0.6) is 0 Å². The Morgan fingerprint density at radius 3 is 2.20 bits per heavy atom. The Hall–Kier alpha value is -0.920. The smallest absolute Gasteiger partial charge is 0.186 e. The van der Waals surface area contributed by atoms with Gasteiger partial charge in [-0.15, -0.1) is 0 Å². The topological polar surface area (TPSA) is 21.3 Å². The third-order valence-corrected chi connectivity index (χ3v) is 1.03. The summed E-state index contributed by atoms with van der Waals surface area (Å²) in [5, 5.41) is 2.90. The maximum atomic E-state index is 4.96. The molecule has 0 aromatic heterocycles. The first-order chi connectivity index (χ1) is 4.70. The molecule has 0 aromatic rings. The second kappa shape index (κ2) is 4.91. The summed E-state index contributed by atoms with van der Waals surface area (Å²) in [7, 11) is 3.47. The molecule has 0 heterocycles. The number of nitrogens with one attached hydrogen (secondary N) is 1. The maximum absolute atomic E-state index is 4.96. The van der Waals surface area contributed by atoms with Gasteiger partial charge in [0, 0.05) is 7.05 Å². The molecule has 2 nitrogen and oxygen atoms in total. The summed E-state index contributed by atoms with van der Waals surface area (Å²) in [6.45, 7) is 4.08. The molecular weight excluding hydrogens is 126 g/mol. The molecule has 0 saturated carbocycles. The quantitative estimate of drug-likeness (QED) is 0.476. The van der Waals surface area contributed by atoms with Crippen molar-refractivity contribution in [1.82, 2.24) is 5.32 Å². The third-order valence-electron chi connectivity index (χ3n) is 1.03. The Morgan fingerprint density at radius 1 is 1.30 bits per heavy atom. The van der Waals surface area contributed by atoms with Crippen LogP contribution in [0.4, 0.5) is 0 Å². The molecule has 0 atom stereocenters. The van der Waals surface area contributed by atoms with Crippen molar-refractivity contribution in [2.45, 2.75) is 13.8 Å². The van der Waals surface area contributed by atoms with Gasteiger partial charge in [0.1, 0.15) is 0 Å². The minimum Gasteiger partial charge on any atom is -0.483 e. The van der Waals surface area contributed by atoms with E-state index < -0.39 is 0 Å².